The predicted octanol–water partition coefficient (Wildman–Crippen LogP) is 2.65. The Labute approximate surface area is 98.3 Å². The molecule has 0 aliphatic carbocycles. The summed E-state index contributed by atoms with van der Waals surface area (Å²) in [5.41, 5.74) is 1.33. The van der Waals surface area contributed by atoms with E-state index in [1.807, 2.05) is 12.1 Å². The van der Waals surface area contributed by atoms with Crippen LogP contribution in [0.3, 0.4) is 0 Å². The molecule has 88 valence electrons. The van der Waals surface area contributed by atoms with Gasteiger partial charge in [0.15, 0.2) is 11.6 Å². The summed E-state index contributed by atoms with van der Waals surface area (Å²) in [6.07, 6.45) is 3.42. The second kappa shape index (κ2) is 5.50. The Morgan fingerprint density at radius 3 is 2.71 bits per heavy atom. The van der Waals surface area contributed by atoms with Gasteiger partial charge in [0.05, 0.1) is 0 Å². The van der Waals surface area contributed by atoms with E-state index in [1.165, 1.54) is 6.07 Å². The highest BCUT2D eigenvalue weighted by atomic mass is 19.2. The summed E-state index contributed by atoms with van der Waals surface area (Å²) in [6.45, 7) is 0.863. The minimum absolute atomic E-state index is 0.290. The van der Waals surface area contributed by atoms with Crippen LogP contribution in [0.25, 0.3) is 0 Å². The Kier molecular flexibility index (Phi) is 3.77. The Balaban J connectivity index is 1.93. The average molecular weight is 234 g/mol. The lowest BCUT2D eigenvalue weighted by molar-refractivity contribution is 0.492. The molecule has 2 rings (SSSR count). The Hall–Kier alpha value is -1.81. The van der Waals surface area contributed by atoms with Crippen molar-refractivity contribution in [2.75, 3.05) is 0 Å². The van der Waals surface area contributed by atoms with E-state index in [9.17, 15) is 8.78 Å². The van der Waals surface area contributed by atoms with Crippen LogP contribution >= 0.6 is 0 Å². The molecule has 4 heteroatoms. The number of halogens is 2. The van der Waals surface area contributed by atoms with E-state index in [4.69, 9.17) is 0 Å². The maximum atomic E-state index is 13.3. The lowest BCUT2D eigenvalue weighted by atomic mass is 10.2. The average Bonchev–Trinajstić information content (AvgIpc) is 2.36. The maximum Gasteiger partial charge on any atom is 0.163 e. The first-order valence-electron chi connectivity index (χ1n) is 5.30. The fraction of sp³-hybridized carbons (Fsp3) is 0.154. The first kappa shape index (κ1) is 11.7. The van der Waals surface area contributed by atoms with Gasteiger partial charge in [-0.25, -0.2) is 8.78 Å². The quantitative estimate of drug-likeness (QED) is 0.879. The van der Waals surface area contributed by atoms with Gasteiger partial charge in [-0.3, -0.25) is 4.98 Å². The van der Waals surface area contributed by atoms with Crippen LogP contribution in [0.15, 0.2) is 42.7 Å². The summed E-state index contributed by atoms with van der Waals surface area (Å²) in [7, 11) is 0. The van der Waals surface area contributed by atoms with E-state index in [2.05, 4.69) is 10.3 Å². The molecule has 1 aromatic heterocycles. The third kappa shape index (κ3) is 3.07. The number of hydrogen-bond donors (Lipinski definition) is 1. The zero-order chi connectivity index (χ0) is 12.1. The summed E-state index contributed by atoms with van der Waals surface area (Å²) in [4.78, 5) is 3.97. The third-order valence-corrected chi connectivity index (χ3v) is 2.40. The van der Waals surface area contributed by atoms with Crippen molar-refractivity contribution in [1.29, 1.82) is 0 Å². The number of rotatable bonds is 4. The molecule has 1 aromatic carbocycles. The van der Waals surface area contributed by atoms with Crippen molar-refractivity contribution >= 4 is 0 Å². The SMILES string of the molecule is Fc1cccc(CNCc2cccnc2)c1F. The van der Waals surface area contributed by atoms with Crippen LogP contribution < -0.4 is 5.32 Å². The third-order valence-electron chi connectivity index (χ3n) is 2.40. The molecule has 2 nitrogen and oxygen atoms in total. The van der Waals surface area contributed by atoms with Crippen molar-refractivity contribution < 1.29 is 8.78 Å². The van der Waals surface area contributed by atoms with Crippen molar-refractivity contribution in [3.05, 3.63) is 65.5 Å². The monoisotopic (exact) mass is 234 g/mol. The summed E-state index contributed by atoms with van der Waals surface area (Å²) < 4.78 is 26.2. The van der Waals surface area contributed by atoms with E-state index >= 15 is 0 Å². The fourth-order valence-corrected chi connectivity index (χ4v) is 1.53. The molecule has 0 radical (unpaired) electrons. The standard InChI is InChI=1S/C13H12F2N2/c14-12-5-1-4-11(13(12)15)9-17-8-10-3-2-6-16-7-10/h1-7,17H,8-9H2. The Morgan fingerprint density at radius 2 is 1.94 bits per heavy atom. The number of pyridine rings is 1. The lowest BCUT2D eigenvalue weighted by Gasteiger charge is -2.06. The molecule has 1 N–H and O–H groups in total. The zero-order valence-corrected chi connectivity index (χ0v) is 9.16. The van der Waals surface area contributed by atoms with Crippen LogP contribution in [0, 0.1) is 11.6 Å². The van der Waals surface area contributed by atoms with Crippen LogP contribution in [0.2, 0.25) is 0 Å². The molecule has 0 bridgehead atoms. The predicted molar refractivity (Wildman–Crippen MR) is 61.1 cm³/mol. The van der Waals surface area contributed by atoms with Gasteiger partial charge in [-0.05, 0) is 17.7 Å². The molecule has 0 unspecified atom stereocenters. The van der Waals surface area contributed by atoms with Crippen LogP contribution in [-0.4, -0.2) is 4.98 Å². The van der Waals surface area contributed by atoms with Crippen LogP contribution in [0.4, 0.5) is 8.78 Å². The molecular weight excluding hydrogens is 222 g/mol. The molecular formula is C13H12F2N2. The molecule has 2 aromatic rings. The summed E-state index contributed by atoms with van der Waals surface area (Å²) in [6, 6.07) is 7.93. The molecule has 0 fully saturated rings. The summed E-state index contributed by atoms with van der Waals surface area (Å²) >= 11 is 0. The minimum atomic E-state index is -0.814. The van der Waals surface area contributed by atoms with Gasteiger partial charge in [0.25, 0.3) is 0 Å². The van der Waals surface area contributed by atoms with Gasteiger partial charge in [-0.1, -0.05) is 18.2 Å². The van der Waals surface area contributed by atoms with Gasteiger partial charge >= 0.3 is 0 Å². The smallest absolute Gasteiger partial charge is 0.163 e. The first-order valence-corrected chi connectivity index (χ1v) is 5.30. The molecule has 1 heterocycles. The van der Waals surface area contributed by atoms with E-state index in [0.717, 1.165) is 11.6 Å². The highest BCUT2D eigenvalue weighted by Crippen LogP contribution is 2.11. The topological polar surface area (TPSA) is 24.9 Å². The van der Waals surface area contributed by atoms with E-state index in [1.54, 1.807) is 18.5 Å². The van der Waals surface area contributed by atoms with Gasteiger partial charge in [0.2, 0.25) is 0 Å². The zero-order valence-electron chi connectivity index (χ0n) is 9.16. The number of benzene rings is 1. The number of nitrogens with one attached hydrogen (secondary N) is 1. The molecule has 0 atom stereocenters. The molecule has 0 saturated carbocycles. The number of aromatic nitrogens is 1. The van der Waals surface area contributed by atoms with Crippen molar-refractivity contribution in [1.82, 2.24) is 10.3 Å². The van der Waals surface area contributed by atoms with E-state index in [0.29, 0.717) is 18.7 Å². The molecule has 0 aliphatic heterocycles. The van der Waals surface area contributed by atoms with E-state index in [-0.39, 0.29) is 0 Å². The van der Waals surface area contributed by atoms with Crippen LogP contribution in [0.5, 0.6) is 0 Å². The van der Waals surface area contributed by atoms with Crippen LogP contribution in [0.1, 0.15) is 11.1 Å². The summed E-state index contributed by atoms with van der Waals surface area (Å²) in [5, 5.41) is 3.04. The van der Waals surface area contributed by atoms with Crippen LogP contribution in [-0.2, 0) is 13.1 Å². The van der Waals surface area contributed by atoms with Gasteiger partial charge in [-0.2, -0.15) is 0 Å². The maximum absolute atomic E-state index is 13.3. The number of hydrogen-bond acceptors (Lipinski definition) is 2. The van der Waals surface area contributed by atoms with Gasteiger partial charge in [-0.15, -0.1) is 0 Å². The molecule has 0 aliphatic rings. The van der Waals surface area contributed by atoms with Crippen molar-refractivity contribution in [3.63, 3.8) is 0 Å². The van der Waals surface area contributed by atoms with Gasteiger partial charge in [0, 0.05) is 31.0 Å². The number of nitrogens with zero attached hydrogens (tertiary/aromatic N) is 1. The second-order valence-corrected chi connectivity index (χ2v) is 3.68. The summed E-state index contributed by atoms with van der Waals surface area (Å²) in [5.74, 6) is -1.60. The highest BCUT2D eigenvalue weighted by Gasteiger charge is 2.06. The largest absolute Gasteiger partial charge is 0.308 e. The van der Waals surface area contributed by atoms with Crippen molar-refractivity contribution in [2.24, 2.45) is 0 Å². The Morgan fingerprint density at radius 1 is 1.06 bits per heavy atom. The molecule has 0 spiro atoms. The van der Waals surface area contributed by atoms with E-state index < -0.39 is 11.6 Å². The van der Waals surface area contributed by atoms with Gasteiger partial charge < -0.3 is 5.32 Å². The normalized spacial score (nSPS) is 10.5. The lowest BCUT2D eigenvalue weighted by Crippen LogP contribution is -2.14. The van der Waals surface area contributed by atoms with Gasteiger partial charge in [0.1, 0.15) is 0 Å². The van der Waals surface area contributed by atoms with Crippen molar-refractivity contribution in [2.45, 2.75) is 13.1 Å². The fourth-order valence-electron chi connectivity index (χ4n) is 1.53. The minimum Gasteiger partial charge on any atom is -0.308 e. The first-order chi connectivity index (χ1) is 8.27. The second-order valence-electron chi connectivity index (χ2n) is 3.68. The molecule has 17 heavy (non-hydrogen) atoms. The molecule has 0 saturated heterocycles. The Bertz CT molecular complexity index is 486. The van der Waals surface area contributed by atoms with Crippen molar-refractivity contribution in [3.8, 4) is 0 Å². The highest BCUT2D eigenvalue weighted by molar-refractivity contribution is 5.19. The molecule has 0 amide bonds.